The summed E-state index contributed by atoms with van der Waals surface area (Å²) in [7, 11) is 0. The van der Waals surface area contributed by atoms with Gasteiger partial charge in [0.1, 0.15) is 5.82 Å². The van der Waals surface area contributed by atoms with Gasteiger partial charge in [0.15, 0.2) is 5.82 Å². The fourth-order valence-electron chi connectivity index (χ4n) is 2.65. The van der Waals surface area contributed by atoms with Crippen LogP contribution in [0.5, 0.6) is 0 Å². The summed E-state index contributed by atoms with van der Waals surface area (Å²) in [4.78, 5) is 13.9. The van der Waals surface area contributed by atoms with Crippen LogP contribution < -0.4 is 5.73 Å². The maximum atomic E-state index is 13.9. The van der Waals surface area contributed by atoms with E-state index in [-0.39, 0.29) is 23.9 Å². The van der Waals surface area contributed by atoms with Crippen LogP contribution in [0.1, 0.15) is 36.0 Å². The number of aliphatic hydroxyl groups excluding tert-OH is 1. The van der Waals surface area contributed by atoms with E-state index < -0.39 is 17.5 Å². The van der Waals surface area contributed by atoms with Gasteiger partial charge in [-0.05, 0) is 37.8 Å². The molecule has 1 fully saturated rings. The minimum Gasteiger partial charge on any atom is -0.396 e. The molecular formula is C14H18F2N2O2. The number of aliphatic hydroxyl groups is 1. The van der Waals surface area contributed by atoms with Gasteiger partial charge in [0, 0.05) is 19.2 Å². The Bertz CT molecular complexity index is 508. The molecule has 4 nitrogen and oxygen atoms in total. The lowest BCUT2D eigenvalue weighted by Crippen LogP contribution is -2.36. The van der Waals surface area contributed by atoms with E-state index in [1.54, 1.807) is 4.90 Å². The molecule has 1 amide bonds. The Labute approximate surface area is 116 Å². The minimum absolute atomic E-state index is 0.0291. The first-order valence-electron chi connectivity index (χ1n) is 6.71. The Morgan fingerprint density at radius 2 is 2.20 bits per heavy atom. The Morgan fingerprint density at radius 1 is 1.45 bits per heavy atom. The van der Waals surface area contributed by atoms with Gasteiger partial charge in [0.2, 0.25) is 0 Å². The van der Waals surface area contributed by atoms with Crippen molar-refractivity contribution in [2.75, 3.05) is 18.9 Å². The molecule has 2 rings (SSSR count). The first kappa shape index (κ1) is 14.7. The van der Waals surface area contributed by atoms with Gasteiger partial charge in [0.25, 0.3) is 5.91 Å². The predicted molar refractivity (Wildman–Crippen MR) is 71.1 cm³/mol. The molecule has 0 aliphatic carbocycles. The monoisotopic (exact) mass is 284 g/mol. The SMILES string of the molecule is Nc1cc(F)cc(C(=O)N2CCCC2CCCO)c1F. The number of hydrogen-bond donors (Lipinski definition) is 2. The van der Waals surface area contributed by atoms with Crippen molar-refractivity contribution in [1.29, 1.82) is 0 Å². The van der Waals surface area contributed by atoms with Crippen LogP contribution in [0.2, 0.25) is 0 Å². The van der Waals surface area contributed by atoms with E-state index >= 15 is 0 Å². The summed E-state index contributed by atoms with van der Waals surface area (Å²) >= 11 is 0. The van der Waals surface area contributed by atoms with Crippen molar-refractivity contribution >= 4 is 11.6 Å². The van der Waals surface area contributed by atoms with Crippen LogP contribution in [0, 0.1) is 11.6 Å². The zero-order valence-electron chi connectivity index (χ0n) is 11.1. The highest BCUT2D eigenvalue weighted by atomic mass is 19.1. The molecule has 1 atom stereocenters. The smallest absolute Gasteiger partial charge is 0.257 e. The average Bonchev–Trinajstić information content (AvgIpc) is 2.88. The summed E-state index contributed by atoms with van der Waals surface area (Å²) in [5.41, 5.74) is 4.67. The molecule has 1 aromatic carbocycles. The van der Waals surface area contributed by atoms with Crippen molar-refractivity contribution in [1.82, 2.24) is 4.90 Å². The second kappa shape index (κ2) is 6.17. The third-order valence-corrected chi connectivity index (χ3v) is 3.63. The lowest BCUT2D eigenvalue weighted by atomic mass is 10.1. The van der Waals surface area contributed by atoms with Gasteiger partial charge in [-0.1, -0.05) is 0 Å². The number of likely N-dealkylation sites (tertiary alicyclic amines) is 1. The normalized spacial score (nSPS) is 18.6. The van der Waals surface area contributed by atoms with Crippen molar-refractivity contribution in [3.05, 3.63) is 29.3 Å². The van der Waals surface area contributed by atoms with Crippen LogP contribution >= 0.6 is 0 Å². The first-order chi connectivity index (χ1) is 9.54. The maximum Gasteiger partial charge on any atom is 0.257 e. The molecule has 3 N–H and O–H groups in total. The van der Waals surface area contributed by atoms with Gasteiger partial charge in [0.05, 0.1) is 11.3 Å². The molecule has 1 aliphatic heterocycles. The van der Waals surface area contributed by atoms with E-state index in [0.29, 0.717) is 19.4 Å². The quantitative estimate of drug-likeness (QED) is 0.830. The number of rotatable bonds is 4. The average molecular weight is 284 g/mol. The largest absolute Gasteiger partial charge is 0.396 e. The molecule has 110 valence electrons. The highest BCUT2D eigenvalue weighted by Gasteiger charge is 2.31. The number of nitrogens with zero attached hydrogens (tertiary/aromatic N) is 1. The van der Waals surface area contributed by atoms with Crippen molar-refractivity contribution < 1.29 is 18.7 Å². The standard InChI is InChI=1S/C14H18F2N2O2/c15-9-7-11(13(16)12(17)8-9)14(20)18-5-1-3-10(18)4-2-6-19/h7-8,10,19H,1-6,17H2. The molecule has 20 heavy (non-hydrogen) atoms. The van der Waals surface area contributed by atoms with Gasteiger partial charge in [-0.25, -0.2) is 8.78 Å². The van der Waals surface area contributed by atoms with E-state index in [4.69, 9.17) is 10.8 Å². The summed E-state index contributed by atoms with van der Waals surface area (Å²) in [5, 5.41) is 8.86. The van der Waals surface area contributed by atoms with Crippen LogP contribution in [0.4, 0.5) is 14.5 Å². The van der Waals surface area contributed by atoms with Gasteiger partial charge >= 0.3 is 0 Å². The molecule has 1 aromatic rings. The lowest BCUT2D eigenvalue weighted by Gasteiger charge is -2.25. The van der Waals surface area contributed by atoms with E-state index in [1.165, 1.54) is 0 Å². The third kappa shape index (κ3) is 2.90. The molecule has 0 spiro atoms. The molecule has 0 aromatic heterocycles. The number of amides is 1. The molecule has 1 saturated heterocycles. The predicted octanol–water partition coefficient (Wildman–Crippen LogP) is 1.92. The summed E-state index contributed by atoms with van der Waals surface area (Å²) in [6.45, 7) is 0.574. The Balaban J connectivity index is 2.22. The minimum atomic E-state index is -0.871. The molecule has 0 bridgehead atoms. The summed E-state index contributed by atoms with van der Waals surface area (Å²) in [6.07, 6.45) is 2.89. The third-order valence-electron chi connectivity index (χ3n) is 3.63. The van der Waals surface area contributed by atoms with Crippen molar-refractivity contribution in [2.24, 2.45) is 0 Å². The number of carbonyl (C=O) groups excluding carboxylic acids is 1. The molecule has 0 saturated carbocycles. The zero-order chi connectivity index (χ0) is 14.7. The number of carbonyl (C=O) groups is 1. The fourth-order valence-corrected chi connectivity index (χ4v) is 2.65. The Kier molecular flexibility index (Phi) is 4.54. The van der Waals surface area contributed by atoms with Gasteiger partial charge in [-0.2, -0.15) is 0 Å². The summed E-state index contributed by atoms with van der Waals surface area (Å²) < 4.78 is 27.2. The van der Waals surface area contributed by atoms with Crippen LogP contribution in [0.3, 0.4) is 0 Å². The van der Waals surface area contributed by atoms with Crippen LogP contribution in [-0.2, 0) is 0 Å². The van der Waals surface area contributed by atoms with Crippen molar-refractivity contribution in [2.45, 2.75) is 31.7 Å². The lowest BCUT2D eigenvalue weighted by molar-refractivity contribution is 0.0719. The van der Waals surface area contributed by atoms with Crippen LogP contribution in [-0.4, -0.2) is 35.1 Å². The highest BCUT2D eigenvalue weighted by molar-refractivity contribution is 5.95. The number of anilines is 1. The van der Waals surface area contributed by atoms with Crippen molar-refractivity contribution in [3.8, 4) is 0 Å². The zero-order valence-corrected chi connectivity index (χ0v) is 11.1. The Hall–Kier alpha value is -1.69. The Morgan fingerprint density at radius 3 is 2.90 bits per heavy atom. The number of halogens is 2. The van der Waals surface area contributed by atoms with Crippen LogP contribution in [0.25, 0.3) is 0 Å². The number of nitrogen functional groups attached to an aromatic ring is 1. The van der Waals surface area contributed by atoms with E-state index in [1.807, 2.05) is 0 Å². The van der Waals surface area contributed by atoms with E-state index in [9.17, 15) is 13.6 Å². The topological polar surface area (TPSA) is 66.6 Å². The van der Waals surface area contributed by atoms with Crippen molar-refractivity contribution in [3.63, 3.8) is 0 Å². The van der Waals surface area contributed by atoms with Gasteiger partial charge in [-0.15, -0.1) is 0 Å². The molecular weight excluding hydrogens is 266 g/mol. The second-order valence-corrected chi connectivity index (χ2v) is 5.02. The number of hydrogen-bond acceptors (Lipinski definition) is 3. The summed E-state index contributed by atoms with van der Waals surface area (Å²) in [6, 6.07) is 1.72. The maximum absolute atomic E-state index is 13.9. The van der Waals surface area contributed by atoms with Gasteiger partial charge < -0.3 is 15.7 Å². The fraction of sp³-hybridized carbons (Fsp3) is 0.500. The molecule has 6 heteroatoms. The van der Waals surface area contributed by atoms with E-state index in [2.05, 4.69) is 0 Å². The van der Waals surface area contributed by atoms with E-state index in [0.717, 1.165) is 25.0 Å². The second-order valence-electron chi connectivity index (χ2n) is 5.02. The number of nitrogens with two attached hydrogens (primary N) is 1. The molecule has 1 heterocycles. The highest BCUT2D eigenvalue weighted by Crippen LogP contribution is 2.26. The summed E-state index contributed by atoms with van der Waals surface area (Å²) in [5.74, 6) is -2.13. The molecule has 1 aliphatic rings. The molecule has 1 unspecified atom stereocenters. The van der Waals surface area contributed by atoms with Gasteiger partial charge in [-0.3, -0.25) is 4.79 Å². The van der Waals surface area contributed by atoms with Crippen LogP contribution in [0.15, 0.2) is 12.1 Å². The molecule has 0 radical (unpaired) electrons. The number of benzene rings is 1. The first-order valence-corrected chi connectivity index (χ1v) is 6.71.